The molecule has 0 aromatic rings. The van der Waals surface area contributed by atoms with Gasteiger partial charge in [-0.15, -0.1) is 6.58 Å². The van der Waals surface area contributed by atoms with Gasteiger partial charge in [0, 0.05) is 0 Å². The first-order valence-electron chi connectivity index (χ1n) is 2.34. The molecule has 0 aromatic heterocycles. The van der Waals surface area contributed by atoms with Crippen molar-refractivity contribution in [1.82, 2.24) is 0 Å². The van der Waals surface area contributed by atoms with Gasteiger partial charge in [0.2, 0.25) is 0 Å². The second-order valence-electron chi connectivity index (χ2n) is 1.58. The standard InChI is InChI=1S/C5H7F3O/c1-2-3-4(9)5(6,7)8/h2,4,9H,1,3H2/t4-/m1/s1. The van der Waals surface area contributed by atoms with Crippen molar-refractivity contribution in [1.29, 1.82) is 0 Å². The highest BCUT2D eigenvalue weighted by molar-refractivity contribution is 4.76. The number of aliphatic hydroxyl groups excluding tert-OH is 1. The number of aliphatic hydroxyl groups is 1. The summed E-state index contributed by atoms with van der Waals surface area (Å²) in [5.74, 6) is 0. The van der Waals surface area contributed by atoms with Crippen molar-refractivity contribution in [3.63, 3.8) is 0 Å². The zero-order chi connectivity index (χ0) is 7.49. The maximum absolute atomic E-state index is 11.3. The van der Waals surface area contributed by atoms with Crippen LogP contribution in [-0.4, -0.2) is 17.4 Å². The third kappa shape index (κ3) is 3.13. The molecular weight excluding hydrogens is 133 g/mol. The number of halogens is 3. The van der Waals surface area contributed by atoms with Gasteiger partial charge in [-0.3, -0.25) is 0 Å². The summed E-state index contributed by atoms with van der Waals surface area (Å²) in [5, 5.41) is 8.19. The van der Waals surface area contributed by atoms with Gasteiger partial charge < -0.3 is 5.11 Å². The highest BCUT2D eigenvalue weighted by Crippen LogP contribution is 2.21. The monoisotopic (exact) mass is 140 g/mol. The zero-order valence-corrected chi connectivity index (χ0v) is 4.65. The Morgan fingerprint density at radius 1 is 1.56 bits per heavy atom. The van der Waals surface area contributed by atoms with Crippen LogP contribution >= 0.6 is 0 Å². The van der Waals surface area contributed by atoms with E-state index in [9.17, 15) is 13.2 Å². The van der Waals surface area contributed by atoms with Gasteiger partial charge >= 0.3 is 6.18 Å². The molecule has 0 saturated heterocycles. The molecule has 0 bridgehead atoms. The molecule has 1 nitrogen and oxygen atoms in total. The Kier molecular flexibility index (Phi) is 2.70. The fourth-order valence-electron chi connectivity index (χ4n) is 0.291. The first-order chi connectivity index (χ1) is 3.98. The minimum absolute atomic E-state index is 0.441. The first-order valence-corrected chi connectivity index (χ1v) is 2.34. The third-order valence-electron chi connectivity index (χ3n) is 0.768. The van der Waals surface area contributed by atoms with Crippen LogP contribution in [0.3, 0.4) is 0 Å². The van der Waals surface area contributed by atoms with E-state index in [0.717, 1.165) is 6.08 Å². The summed E-state index contributed by atoms with van der Waals surface area (Å²) >= 11 is 0. The van der Waals surface area contributed by atoms with Crippen LogP contribution in [0, 0.1) is 0 Å². The average molecular weight is 140 g/mol. The minimum atomic E-state index is -4.51. The lowest BCUT2D eigenvalue weighted by molar-refractivity contribution is -0.202. The lowest BCUT2D eigenvalue weighted by Gasteiger charge is -2.10. The normalized spacial score (nSPS) is 15.1. The van der Waals surface area contributed by atoms with E-state index in [0.29, 0.717) is 0 Å². The van der Waals surface area contributed by atoms with E-state index in [4.69, 9.17) is 5.11 Å². The third-order valence-corrected chi connectivity index (χ3v) is 0.768. The molecule has 0 fully saturated rings. The molecule has 0 aliphatic heterocycles. The van der Waals surface area contributed by atoms with Crippen LogP contribution < -0.4 is 0 Å². The van der Waals surface area contributed by atoms with Crippen molar-refractivity contribution in [2.24, 2.45) is 0 Å². The fraction of sp³-hybridized carbons (Fsp3) is 0.600. The summed E-state index contributed by atoms with van der Waals surface area (Å²) in [5.41, 5.74) is 0. The second-order valence-corrected chi connectivity index (χ2v) is 1.58. The quantitative estimate of drug-likeness (QED) is 0.576. The van der Waals surface area contributed by atoms with Crippen LogP contribution in [0.5, 0.6) is 0 Å². The Bertz CT molecular complexity index is 96.9. The van der Waals surface area contributed by atoms with Crippen molar-refractivity contribution in [3.8, 4) is 0 Å². The van der Waals surface area contributed by atoms with Gasteiger partial charge in [-0.25, -0.2) is 0 Å². The molecule has 0 saturated carbocycles. The molecule has 0 unspecified atom stereocenters. The lowest BCUT2D eigenvalue weighted by Crippen LogP contribution is -2.27. The molecule has 0 aromatic carbocycles. The van der Waals surface area contributed by atoms with E-state index in [1.165, 1.54) is 0 Å². The summed E-state index contributed by atoms with van der Waals surface area (Å²) in [6.07, 6.45) is -6.18. The lowest BCUT2D eigenvalue weighted by atomic mass is 10.2. The topological polar surface area (TPSA) is 20.2 Å². The molecule has 1 atom stereocenters. The number of alkyl halides is 3. The van der Waals surface area contributed by atoms with Crippen LogP contribution in [0.4, 0.5) is 13.2 Å². The van der Waals surface area contributed by atoms with E-state index in [1.807, 2.05) is 0 Å². The molecular formula is C5H7F3O. The molecule has 54 valence electrons. The molecule has 0 amide bonds. The zero-order valence-electron chi connectivity index (χ0n) is 4.65. The molecule has 0 rings (SSSR count). The number of hydrogen-bond donors (Lipinski definition) is 1. The van der Waals surface area contributed by atoms with Gasteiger partial charge in [0.1, 0.15) is 0 Å². The Hall–Kier alpha value is -0.510. The van der Waals surface area contributed by atoms with Gasteiger partial charge in [0.25, 0.3) is 0 Å². The van der Waals surface area contributed by atoms with Crippen LogP contribution in [0.15, 0.2) is 12.7 Å². The van der Waals surface area contributed by atoms with E-state index in [1.54, 1.807) is 0 Å². The van der Waals surface area contributed by atoms with Crippen molar-refractivity contribution in [2.45, 2.75) is 18.7 Å². The van der Waals surface area contributed by atoms with E-state index in [2.05, 4.69) is 6.58 Å². The summed E-state index contributed by atoms with van der Waals surface area (Å²) < 4.78 is 34.0. The first kappa shape index (κ1) is 8.49. The Morgan fingerprint density at radius 3 is 2.11 bits per heavy atom. The van der Waals surface area contributed by atoms with Crippen molar-refractivity contribution < 1.29 is 18.3 Å². The minimum Gasteiger partial charge on any atom is -0.383 e. The molecule has 0 spiro atoms. The molecule has 0 heterocycles. The van der Waals surface area contributed by atoms with Gasteiger partial charge in [0.05, 0.1) is 0 Å². The highest BCUT2D eigenvalue weighted by atomic mass is 19.4. The average Bonchev–Trinajstić information content (AvgIpc) is 1.64. The molecule has 9 heavy (non-hydrogen) atoms. The largest absolute Gasteiger partial charge is 0.414 e. The van der Waals surface area contributed by atoms with Gasteiger partial charge in [-0.2, -0.15) is 13.2 Å². The highest BCUT2D eigenvalue weighted by Gasteiger charge is 2.36. The maximum atomic E-state index is 11.3. The van der Waals surface area contributed by atoms with Gasteiger partial charge in [-0.1, -0.05) is 6.08 Å². The van der Waals surface area contributed by atoms with E-state index < -0.39 is 18.7 Å². The fourth-order valence-corrected chi connectivity index (χ4v) is 0.291. The van der Waals surface area contributed by atoms with Crippen molar-refractivity contribution in [3.05, 3.63) is 12.7 Å². The molecule has 4 heteroatoms. The predicted octanol–water partition coefficient (Wildman–Crippen LogP) is 1.49. The number of hydrogen-bond acceptors (Lipinski definition) is 1. The number of rotatable bonds is 2. The second kappa shape index (κ2) is 2.87. The van der Waals surface area contributed by atoms with Crippen molar-refractivity contribution >= 4 is 0 Å². The SMILES string of the molecule is C=CC[C@@H](O)C(F)(F)F. The molecule has 1 N–H and O–H groups in total. The molecule has 0 radical (unpaired) electrons. The molecule has 0 aliphatic carbocycles. The summed E-state index contributed by atoms with van der Waals surface area (Å²) in [6, 6.07) is 0. The van der Waals surface area contributed by atoms with Crippen LogP contribution in [0.2, 0.25) is 0 Å². The Morgan fingerprint density at radius 2 is 2.00 bits per heavy atom. The van der Waals surface area contributed by atoms with Gasteiger partial charge in [-0.05, 0) is 6.42 Å². The van der Waals surface area contributed by atoms with E-state index >= 15 is 0 Å². The predicted molar refractivity (Wildman–Crippen MR) is 26.9 cm³/mol. The van der Waals surface area contributed by atoms with Gasteiger partial charge in [0.15, 0.2) is 6.10 Å². The summed E-state index contributed by atoms with van der Waals surface area (Å²) in [7, 11) is 0. The van der Waals surface area contributed by atoms with Crippen LogP contribution in [0.25, 0.3) is 0 Å². The Labute approximate surface area is 50.8 Å². The van der Waals surface area contributed by atoms with Crippen LogP contribution in [0.1, 0.15) is 6.42 Å². The smallest absolute Gasteiger partial charge is 0.383 e. The maximum Gasteiger partial charge on any atom is 0.414 e. The van der Waals surface area contributed by atoms with Crippen LogP contribution in [-0.2, 0) is 0 Å². The van der Waals surface area contributed by atoms with E-state index in [-0.39, 0.29) is 0 Å². The molecule has 0 aliphatic rings. The summed E-state index contributed by atoms with van der Waals surface area (Å²) in [4.78, 5) is 0. The Balaban J connectivity index is 3.72. The summed E-state index contributed by atoms with van der Waals surface area (Å²) in [6.45, 7) is 3.05. The van der Waals surface area contributed by atoms with Crippen molar-refractivity contribution in [2.75, 3.05) is 0 Å².